The molecule has 1 spiro atoms. The maximum Gasteiger partial charge on any atom is 0.0320 e. The summed E-state index contributed by atoms with van der Waals surface area (Å²) in [7, 11) is 1.97. The molecule has 3 rings (SSSR count). The van der Waals surface area contributed by atoms with Crippen molar-refractivity contribution >= 4 is 5.57 Å². The molecule has 0 heterocycles. The molecule has 1 N–H and O–H groups in total. The van der Waals surface area contributed by atoms with E-state index in [-0.39, 0.29) is 5.41 Å². The lowest BCUT2D eigenvalue weighted by Crippen LogP contribution is -2.43. The first-order valence-electron chi connectivity index (χ1n) is 9.37. The van der Waals surface area contributed by atoms with Crippen molar-refractivity contribution in [3.63, 3.8) is 0 Å². The molecule has 3 atom stereocenters. The van der Waals surface area contributed by atoms with Gasteiger partial charge >= 0.3 is 0 Å². The minimum atomic E-state index is -0.117. The fraction of sp³-hybridized carbons (Fsp3) is 0.280. The molecule has 0 aliphatic heterocycles. The maximum absolute atomic E-state index is 4.42. The van der Waals surface area contributed by atoms with E-state index in [9.17, 15) is 0 Å². The molecule has 0 aromatic heterocycles. The summed E-state index contributed by atoms with van der Waals surface area (Å²) < 4.78 is 0. The third kappa shape index (κ3) is 2.63. The quantitative estimate of drug-likeness (QED) is 0.666. The zero-order valence-electron chi connectivity index (χ0n) is 16.0. The molecular formula is C25H29N. The van der Waals surface area contributed by atoms with E-state index in [0.29, 0.717) is 11.8 Å². The third-order valence-corrected chi connectivity index (χ3v) is 5.90. The molecule has 1 heteroatoms. The molecule has 1 fully saturated rings. The second-order valence-corrected chi connectivity index (χ2v) is 7.23. The van der Waals surface area contributed by atoms with Crippen molar-refractivity contribution in [1.82, 2.24) is 5.32 Å². The van der Waals surface area contributed by atoms with Gasteiger partial charge in [0.05, 0.1) is 0 Å². The molecule has 3 unspecified atom stereocenters. The Balaban J connectivity index is 2.36. The lowest BCUT2D eigenvalue weighted by molar-refractivity contribution is 0.286. The van der Waals surface area contributed by atoms with Crippen molar-refractivity contribution in [2.45, 2.75) is 25.2 Å². The summed E-state index contributed by atoms with van der Waals surface area (Å²) in [5.74, 6) is 0.734. The maximum atomic E-state index is 4.42. The van der Waals surface area contributed by atoms with Gasteiger partial charge < -0.3 is 5.32 Å². The van der Waals surface area contributed by atoms with E-state index in [1.54, 1.807) is 0 Å². The number of nitrogens with one attached hydrogen (secondary N) is 1. The zero-order valence-corrected chi connectivity index (χ0v) is 16.0. The van der Waals surface area contributed by atoms with Gasteiger partial charge in [0.2, 0.25) is 0 Å². The second kappa shape index (κ2) is 7.37. The summed E-state index contributed by atoms with van der Waals surface area (Å²) in [5.41, 5.74) is 6.48. The smallest absolute Gasteiger partial charge is 0.0320 e. The van der Waals surface area contributed by atoms with Gasteiger partial charge in [0.1, 0.15) is 0 Å². The highest BCUT2D eigenvalue weighted by Gasteiger charge is 2.53. The van der Waals surface area contributed by atoms with Gasteiger partial charge in [0, 0.05) is 12.5 Å². The van der Waals surface area contributed by atoms with Crippen LogP contribution in [0.15, 0.2) is 91.7 Å². The first-order valence-corrected chi connectivity index (χ1v) is 9.37. The first kappa shape index (κ1) is 18.3. The topological polar surface area (TPSA) is 12.0 Å². The molecule has 0 amide bonds. The third-order valence-electron chi connectivity index (χ3n) is 5.90. The molecule has 0 saturated heterocycles. The van der Waals surface area contributed by atoms with E-state index in [4.69, 9.17) is 0 Å². The van der Waals surface area contributed by atoms with Crippen LogP contribution < -0.4 is 5.32 Å². The van der Waals surface area contributed by atoms with E-state index >= 15 is 0 Å². The average molecular weight is 344 g/mol. The van der Waals surface area contributed by atoms with Crippen LogP contribution in [0.2, 0.25) is 0 Å². The minimum Gasteiger partial charge on any atom is -0.394 e. The lowest BCUT2D eigenvalue weighted by atomic mass is 9.55. The number of fused-ring (bicyclic) bond motifs is 2. The second-order valence-electron chi connectivity index (χ2n) is 7.23. The summed E-state index contributed by atoms with van der Waals surface area (Å²) in [6, 6.07) is 8.76. The molecule has 1 saturated carbocycles. The molecule has 26 heavy (non-hydrogen) atoms. The highest BCUT2D eigenvalue weighted by Crippen LogP contribution is 2.61. The van der Waals surface area contributed by atoms with Crippen LogP contribution in [-0.4, -0.2) is 7.05 Å². The van der Waals surface area contributed by atoms with E-state index in [2.05, 4.69) is 86.7 Å². The van der Waals surface area contributed by atoms with Crippen molar-refractivity contribution in [3.05, 3.63) is 103 Å². The predicted octanol–water partition coefficient (Wildman–Crippen LogP) is 5.96. The monoisotopic (exact) mass is 343 g/mol. The normalized spacial score (nSPS) is 30.9. The Bertz CT molecular complexity index is 820. The van der Waals surface area contributed by atoms with Gasteiger partial charge in [0.25, 0.3) is 0 Å². The molecule has 0 bridgehead atoms. The largest absolute Gasteiger partial charge is 0.394 e. The highest BCUT2D eigenvalue weighted by atomic mass is 14.8. The van der Waals surface area contributed by atoms with E-state index in [1.165, 1.54) is 27.8 Å². The lowest BCUT2D eigenvalue weighted by Gasteiger charge is -2.48. The van der Waals surface area contributed by atoms with Crippen LogP contribution in [-0.2, 0) is 5.41 Å². The summed E-state index contributed by atoms with van der Waals surface area (Å²) in [4.78, 5) is 0. The fourth-order valence-corrected chi connectivity index (χ4v) is 5.00. The Labute approximate surface area is 158 Å². The number of hydrogen-bond acceptors (Lipinski definition) is 1. The molecule has 1 nitrogen and oxygen atoms in total. The molecule has 1 aromatic carbocycles. The van der Waals surface area contributed by atoms with Gasteiger partial charge in [-0.05, 0) is 65.6 Å². The number of benzene rings is 1. The van der Waals surface area contributed by atoms with Gasteiger partial charge in [-0.15, -0.1) is 6.58 Å². The van der Waals surface area contributed by atoms with Crippen molar-refractivity contribution in [2.24, 2.45) is 11.8 Å². The van der Waals surface area contributed by atoms with E-state index in [0.717, 1.165) is 12.8 Å². The molecule has 2 aliphatic carbocycles. The first-order chi connectivity index (χ1) is 12.6. The van der Waals surface area contributed by atoms with Crippen LogP contribution in [0.25, 0.3) is 5.57 Å². The molecule has 0 radical (unpaired) electrons. The number of rotatable bonds is 4. The van der Waals surface area contributed by atoms with Crippen molar-refractivity contribution in [2.75, 3.05) is 7.05 Å². The van der Waals surface area contributed by atoms with Crippen LogP contribution >= 0.6 is 0 Å². The molecule has 134 valence electrons. The fourth-order valence-electron chi connectivity index (χ4n) is 5.00. The summed E-state index contributed by atoms with van der Waals surface area (Å²) in [6.07, 6.45) is 14.9. The Morgan fingerprint density at radius 1 is 1.23 bits per heavy atom. The van der Waals surface area contributed by atoms with Crippen molar-refractivity contribution in [3.8, 4) is 0 Å². The Hall–Kier alpha value is -2.54. The SMILES string of the molecule is C=C/C=C1\C(=C/NC)CC(C=C)C(/C=C\C)C12CC(=C)c1ccccc12. The Morgan fingerprint density at radius 2 is 2.00 bits per heavy atom. The van der Waals surface area contributed by atoms with Gasteiger partial charge in [-0.1, -0.05) is 67.8 Å². The van der Waals surface area contributed by atoms with Gasteiger partial charge in [-0.3, -0.25) is 0 Å². The highest BCUT2D eigenvalue weighted by molar-refractivity contribution is 5.78. The van der Waals surface area contributed by atoms with Crippen molar-refractivity contribution < 1.29 is 0 Å². The van der Waals surface area contributed by atoms with E-state index < -0.39 is 0 Å². The van der Waals surface area contributed by atoms with Gasteiger partial charge in [0.15, 0.2) is 0 Å². The van der Waals surface area contributed by atoms with Crippen LogP contribution in [0.3, 0.4) is 0 Å². The minimum absolute atomic E-state index is 0.117. The average Bonchev–Trinajstić information content (AvgIpc) is 2.94. The van der Waals surface area contributed by atoms with Crippen LogP contribution in [0.5, 0.6) is 0 Å². The van der Waals surface area contributed by atoms with Crippen molar-refractivity contribution in [1.29, 1.82) is 0 Å². The van der Waals surface area contributed by atoms with Crippen LogP contribution in [0, 0.1) is 11.8 Å². The van der Waals surface area contributed by atoms with Crippen LogP contribution in [0.4, 0.5) is 0 Å². The summed E-state index contributed by atoms with van der Waals surface area (Å²) >= 11 is 0. The zero-order chi connectivity index (χ0) is 18.7. The number of allylic oxidation sites excluding steroid dienone is 8. The standard InChI is InChI=1S/C25H29N/c1-6-11-22-19(8-3)15-20(17-26-5)23(12-7-2)25(22)16-18(4)21-13-9-10-14-24(21)25/h6-14,17,19,22,26H,2-4,15-16H2,1,5H3/b11-6-,20-17-,23-12+. The number of hydrogen-bond donors (Lipinski definition) is 1. The van der Waals surface area contributed by atoms with Gasteiger partial charge in [-0.25, -0.2) is 0 Å². The Kier molecular flexibility index (Phi) is 5.18. The van der Waals surface area contributed by atoms with E-state index in [1.807, 2.05) is 13.1 Å². The predicted molar refractivity (Wildman–Crippen MR) is 114 cm³/mol. The molecule has 1 aromatic rings. The Morgan fingerprint density at radius 3 is 2.65 bits per heavy atom. The van der Waals surface area contributed by atoms with Crippen LogP contribution in [0.1, 0.15) is 30.9 Å². The molecular weight excluding hydrogens is 314 g/mol. The summed E-state index contributed by atoms with van der Waals surface area (Å²) in [5, 5.41) is 3.25. The van der Waals surface area contributed by atoms with Gasteiger partial charge in [-0.2, -0.15) is 0 Å². The molecule has 2 aliphatic rings. The summed E-state index contributed by atoms with van der Waals surface area (Å²) in [6.45, 7) is 14.7.